The monoisotopic (exact) mass is 141 g/mol. The highest BCUT2D eigenvalue weighted by molar-refractivity contribution is 4.99. The Balaban J connectivity index is 2.83. The standard InChI is InChI=1S/C7H10FN2/c1-3-4-10-6(2)7(8)5-9-10/h3-4H2,1-2H3. The van der Waals surface area contributed by atoms with Gasteiger partial charge in [-0.2, -0.15) is 5.10 Å². The SMILES string of the molecule is CCCn1n[c]c(F)c1C. The quantitative estimate of drug-likeness (QED) is 0.610. The van der Waals surface area contributed by atoms with Crippen LogP contribution in [0.4, 0.5) is 4.39 Å². The van der Waals surface area contributed by atoms with Gasteiger partial charge in [0.15, 0.2) is 12.0 Å². The molecule has 0 atom stereocenters. The van der Waals surface area contributed by atoms with Crippen LogP contribution in [0.5, 0.6) is 0 Å². The van der Waals surface area contributed by atoms with Crippen molar-refractivity contribution in [2.24, 2.45) is 0 Å². The molecular weight excluding hydrogens is 131 g/mol. The van der Waals surface area contributed by atoms with Gasteiger partial charge in [-0.3, -0.25) is 4.68 Å². The summed E-state index contributed by atoms with van der Waals surface area (Å²) in [4.78, 5) is 0. The van der Waals surface area contributed by atoms with Gasteiger partial charge in [0, 0.05) is 6.54 Å². The van der Waals surface area contributed by atoms with E-state index in [1.807, 2.05) is 6.92 Å². The maximum atomic E-state index is 12.5. The van der Waals surface area contributed by atoms with Crippen molar-refractivity contribution in [2.45, 2.75) is 26.8 Å². The Morgan fingerprint density at radius 2 is 2.40 bits per heavy atom. The van der Waals surface area contributed by atoms with Gasteiger partial charge in [-0.15, -0.1) is 0 Å². The van der Waals surface area contributed by atoms with Crippen molar-refractivity contribution in [3.05, 3.63) is 17.7 Å². The Kier molecular flexibility index (Phi) is 2.04. The highest BCUT2D eigenvalue weighted by atomic mass is 19.1. The molecule has 0 aromatic carbocycles. The molecule has 1 aromatic heterocycles. The van der Waals surface area contributed by atoms with E-state index in [-0.39, 0.29) is 5.82 Å². The number of halogens is 1. The summed E-state index contributed by atoms with van der Waals surface area (Å²) in [5, 5.41) is 3.72. The molecule has 0 amide bonds. The predicted molar refractivity (Wildman–Crippen MR) is 36.0 cm³/mol. The van der Waals surface area contributed by atoms with Crippen molar-refractivity contribution < 1.29 is 4.39 Å². The van der Waals surface area contributed by atoms with Crippen LogP contribution in [-0.4, -0.2) is 9.78 Å². The highest BCUT2D eigenvalue weighted by Crippen LogP contribution is 2.03. The van der Waals surface area contributed by atoms with Gasteiger partial charge in [0.25, 0.3) is 0 Å². The average molecular weight is 141 g/mol. The molecule has 0 spiro atoms. The van der Waals surface area contributed by atoms with Gasteiger partial charge >= 0.3 is 0 Å². The molecule has 0 aliphatic rings. The van der Waals surface area contributed by atoms with Gasteiger partial charge in [-0.25, -0.2) is 4.39 Å². The van der Waals surface area contributed by atoms with Gasteiger partial charge in [0.1, 0.15) is 0 Å². The third-order valence-electron chi connectivity index (χ3n) is 1.41. The van der Waals surface area contributed by atoms with Gasteiger partial charge in [0.2, 0.25) is 0 Å². The Labute approximate surface area is 59.7 Å². The summed E-state index contributed by atoms with van der Waals surface area (Å²) >= 11 is 0. The summed E-state index contributed by atoms with van der Waals surface area (Å²) in [6.07, 6.45) is 3.24. The molecule has 0 N–H and O–H groups in total. The van der Waals surface area contributed by atoms with E-state index in [4.69, 9.17) is 0 Å². The van der Waals surface area contributed by atoms with Crippen LogP contribution in [0, 0.1) is 18.9 Å². The molecule has 0 aliphatic carbocycles. The molecular formula is C7H10FN2. The maximum Gasteiger partial charge on any atom is 0.173 e. The molecule has 1 radical (unpaired) electrons. The Hall–Kier alpha value is -0.860. The maximum absolute atomic E-state index is 12.5. The minimum Gasteiger partial charge on any atom is -0.266 e. The fraction of sp³-hybridized carbons (Fsp3) is 0.571. The van der Waals surface area contributed by atoms with E-state index in [0.29, 0.717) is 5.69 Å². The fourth-order valence-corrected chi connectivity index (χ4v) is 0.803. The van der Waals surface area contributed by atoms with E-state index in [1.54, 1.807) is 11.6 Å². The molecule has 0 unspecified atom stereocenters. The Bertz CT molecular complexity index is 217. The van der Waals surface area contributed by atoms with Gasteiger partial charge in [-0.05, 0) is 13.3 Å². The van der Waals surface area contributed by atoms with Crippen LogP contribution in [0.3, 0.4) is 0 Å². The number of rotatable bonds is 2. The van der Waals surface area contributed by atoms with Gasteiger partial charge in [0.05, 0.1) is 5.69 Å². The summed E-state index contributed by atoms with van der Waals surface area (Å²) in [5.41, 5.74) is 0.571. The van der Waals surface area contributed by atoms with E-state index in [9.17, 15) is 4.39 Å². The number of nitrogens with zero attached hydrogens (tertiary/aromatic N) is 2. The van der Waals surface area contributed by atoms with Crippen molar-refractivity contribution in [2.75, 3.05) is 0 Å². The lowest BCUT2D eigenvalue weighted by Crippen LogP contribution is -2.00. The largest absolute Gasteiger partial charge is 0.266 e. The van der Waals surface area contributed by atoms with Gasteiger partial charge in [-0.1, -0.05) is 6.92 Å². The predicted octanol–water partition coefficient (Wildman–Crippen LogP) is 1.54. The lowest BCUT2D eigenvalue weighted by atomic mass is 10.4. The van der Waals surface area contributed by atoms with Crippen LogP contribution in [0.15, 0.2) is 0 Å². The van der Waals surface area contributed by atoms with E-state index < -0.39 is 0 Å². The molecule has 2 nitrogen and oxygen atoms in total. The second kappa shape index (κ2) is 2.82. The first-order chi connectivity index (χ1) is 4.75. The number of hydrogen-bond acceptors (Lipinski definition) is 1. The number of aryl methyl sites for hydroxylation is 1. The van der Waals surface area contributed by atoms with Crippen molar-refractivity contribution >= 4 is 0 Å². The van der Waals surface area contributed by atoms with E-state index in [2.05, 4.69) is 11.3 Å². The molecule has 0 bridgehead atoms. The second-order valence-corrected chi connectivity index (χ2v) is 2.23. The molecule has 1 heterocycles. The smallest absolute Gasteiger partial charge is 0.173 e. The summed E-state index contributed by atoms with van der Waals surface area (Å²) in [7, 11) is 0. The first-order valence-corrected chi connectivity index (χ1v) is 3.36. The van der Waals surface area contributed by atoms with Crippen LogP contribution < -0.4 is 0 Å². The molecule has 0 saturated carbocycles. The molecule has 1 aromatic rings. The minimum atomic E-state index is -0.339. The lowest BCUT2D eigenvalue weighted by Gasteiger charge is -1.98. The summed E-state index contributed by atoms with van der Waals surface area (Å²) in [6.45, 7) is 4.50. The van der Waals surface area contributed by atoms with Crippen LogP contribution in [0.2, 0.25) is 0 Å². The first-order valence-electron chi connectivity index (χ1n) is 3.36. The normalized spacial score (nSPS) is 10.3. The van der Waals surface area contributed by atoms with E-state index >= 15 is 0 Å². The van der Waals surface area contributed by atoms with Crippen LogP contribution in [0.1, 0.15) is 19.0 Å². The molecule has 3 heteroatoms. The minimum absolute atomic E-state index is 0.339. The van der Waals surface area contributed by atoms with Crippen LogP contribution in [0.25, 0.3) is 0 Å². The molecule has 10 heavy (non-hydrogen) atoms. The molecule has 0 saturated heterocycles. The fourth-order valence-electron chi connectivity index (χ4n) is 0.803. The summed E-state index contributed by atoms with van der Waals surface area (Å²) < 4.78 is 14.1. The summed E-state index contributed by atoms with van der Waals surface area (Å²) in [6, 6.07) is 0. The summed E-state index contributed by atoms with van der Waals surface area (Å²) in [5.74, 6) is -0.339. The van der Waals surface area contributed by atoms with Crippen molar-refractivity contribution in [3.63, 3.8) is 0 Å². The highest BCUT2D eigenvalue weighted by Gasteiger charge is 2.03. The van der Waals surface area contributed by atoms with E-state index in [0.717, 1.165) is 13.0 Å². The van der Waals surface area contributed by atoms with Crippen molar-refractivity contribution in [3.8, 4) is 0 Å². The van der Waals surface area contributed by atoms with Crippen LogP contribution >= 0.6 is 0 Å². The third-order valence-corrected chi connectivity index (χ3v) is 1.41. The first kappa shape index (κ1) is 7.25. The van der Waals surface area contributed by atoms with Gasteiger partial charge < -0.3 is 0 Å². The van der Waals surface area contributed by atoms with Crippen molar-refractivity contribution in [1.29, 1.82) is 0 Å². The Morgan fingerprint density at radius 1 is 1.70 bits per heavy atom. The lowest BCUT2D eigenvalue weighted by molar-refractivity contribution is 0.566. The molecule has 55 valence electrons. The zero-order valence-electron chi connectivity index (χ0n) is 6.19. The topological polar surface area (TPSA) is 17.8 Å². The van der Waals surface area contributed by atoms with Crippen molar-refractivity contribution in [1.82, 2.24) is 9.78 Å². The number of hydrogen-bond donors (Lipinski definition) is 0. The molecule has 0 fully saturated rings. The second-order valence-electron chi connectivity index (χ2n) is 2.23. The zero-order chi connectivity index (χ0) is 7.56. The third kappa shape index (κ3) is 1.17. The van der Waals surface area contributed by atoms with E-state index in [1.165, 1.54) is 0 Å². The number of aromatic nitrogens is 2. The molecule has 0 aliphatic heterocycles. The average Bonchev–Trinajstić information content (AvgIpc) is 2.20. The zero-order valence-corrected chi connectivity index (χ0v) is 6.19. The van der Waals surface area contributed by atoms with Crippen LogP contribution in [-0.2, 0) is 6.54 Å². The molecule has 1 rings (SSSR count). The Morgan fingerprint density at radius 3 is 2.80 bits per heavy atom.